The number of carbonyl (C=O) groups is 1. The number of amides is 1. The first-order valence-corrected chi connectivity index (χ1v) is 8.36. The summed E-state index contributed by atoms with van der Waals surface area (Å²) in [5, 5.41) is 4.27. The van der Waals surface area contributed by atoms with Crippen LogP contribution in [-0.2, 0) is 17.8 Å². The average Bonchev–Trinajstić information content (AvgIpc) is 3.25. The van der Waals surface area contributed by atoms with Crippen LogP contribution in [0.4, 0.5) is 0 Å². The third-order valence-electron chi connectivity index (χ3n) is 4.15. The molecule has 25 heavy (non-hydrogen) atoms. The topological polar surface area (TPSA) is 64.7 Å². The lowest BCUT2D eigenvalue weighted by atomic mass is 10.3. The van der Waals surface area contributed by atoms with Gasteiger partial charge >= 0.3 is 0 Å². The van der Waals surface area contributed by atoms with Crippen LogP contribution in [0.2, 0.25) is 0 Å². The Morgan fingerprint density at radius 1 is 1.32 bits per heavy atom. The van der Waals surface area contributed by atoms with Gasteiger partial charge in [-0.2, -0.15) is 5.10 Å². The van der Waals surface area contributed by atoms with Gasteiger partial charge in [0.25, 0.3) is 5.91 Å². The van der Waals surface area contributed by atoms with Crippen LogP contribution in [0.1, 0.15) is 28.7 Å². The molecule has 0 saturated heterocycles. The first kappa shape index (κ1) is 17.2. The van der Waals surface area contributed by atoms with Gasteiger partial charge in [0.05, 0.1) is 12.8 Å². The van der Waals surface area contributed by atoms with Crippen molar-refractivity contribution in [3.63, 3.8) is 0 Å². The Hall–Kier alpha value is -2.67. The number of aryl methyl sites for hydroxylation is 2. The summed E-state index contributed by atoms with van der Waals surface area (Å²) in [7, 11) is 1.63. The minimum atomic E-state index is -0.107. The summed E-state index contributed by atoms with van der Waals surface area (Å²) in [6.45, 7) is 6.28. The van der Waals surface area contributed by atoms with Gasteiger partial charge in [0.15, 0.2) is 0 Å². The predicted molar refractivity (Wildman–Crippen MR) is 94.4 cm³/mol. The molecular weight excluding hydrogens is 318 g/mol. The number of nitrogens with zero attached hydrogens (tertiary/aromatic N) is 5. The van der Waals surface area contributed by atoms with Gasteiger partial charge in [0, 0.05) is 50.4 Å². The lowest BCUT2D eigenvalue weighted by molar-refractivity contribution is 0.0675. The number of hydrogen-bond donors (Lipinski definition) is 0. The number of aromatic nitrogens is 4. The number of ether oxygens (including phenoxy) is 1. The van der Waals surface area contributed by atoms with Crippen LogP contribution in [0.25, 0.3) is 5.65 Å². The lowest BCUT2D eigenvalue weighted by Gasteiger charge is -2.20. The molecule has 3 heterocycles. The van der Waals surface area contributed by atoms with E-state index in [4.69, 9.17) is 4.74 Å². The summed E-state index contributed by atoms with van der Waals surface area (Å²) in [5.74, 6) is -0.107. The van der Waals surface area contributed by atoms with E-state index in [0.29, 0.717) is 25.4 Å². The maximum atomic E-state index is 13.0. The van der Waals surface area contributed by atoms with Crippen LogP contribution in [0.3, 0.4) is 0 Å². The summed E-state index contributed by atoms with van der Waals surface area (Å²) in [4.78, 5) is 19.2. The highest BCUT2D eigenvalue weighted by Gasteiger charge is 2.20. The molecule has 0 spiro atoms. The van der Waals surface area contributed by atoms with Crippen LogP contribution < -0.4 is 0 Å². The number of fused-ring (bicyclic) bond motifs is 1. The van der Waals surface area contributed by atoms with E-state index in [-0.39, 0.29) is 5.91 Å². The van der Waals surface area contributed by atoms with Gasteiger partial charge in [-0.05, 0) is 26.0 Å². The molecule has 0 aliphatic carbocycles. The first-order valence-electron chi connectivity index (χ1n) is 8.36. The van der Waals surface area contributed by atoms with Crippen molar-refractivity contribution in [1.82, 2.24) is 24.1 Å². The molecule has 0 aromatic carbocycles. The number of hydrogen-bond acceptors (Lipinski definition) is 4. The second-order valence-electron chi connectivity index (χ2n) is 5.95. The monoisotopic (exact) mass is 341 g/mol. The van der Waals surface area contributed by atoms with Gasteiger partial charge in [0.1, 0.15) is 11.3 Å². The van der Waals surface area contributed by atoms with Crippen molar-refractivity contribution in [2.45, 2.75) is 26.9 Å². The first-order chi connectivity index (χ1) is 12.1. The quantitative estimate of drug-likeness (QED) is 0.660. The third-order valence-corrected chi connectivity index (χ3v) is 4.15. The molecule has 0 unspecified atom stereocenters. The van der Waals surface area contributed by atoms with Crippen molar-refractivity contribution in [2.75, 3.05) is 20.3 Å². The molecule has 3 aromatic rings. The number of carbonyl (C=O) groups excluding carboxylic acids is 1. The van der Waals surface area contributed by atoms with E-state index in [2.05, 4.69) is 10.1 Å². The summed E-state index contributed by atoms with van der Waals surface area (Å²) in [6, 6.07) is 5.83. The number of pyridine rings is 1. The van der Waals surface area contributed by atoms with E-state index in [0.717, 1.165) is 23.4 Å². The Bertz CT molecular complexity index is 867. The highest BCUT2D eigenvalue weighted by atomic mass is 16.5. The van der Waals surface area contributed by atoms with Crippen molar-refractivity contribution in [3.8, 4) is 0 Å². The molecule has 0 bridgehead atoms. The van der Waals surface area contributed by atoms with Gasteiger partial charge in [-0.3, -0.25) is 9.48 Å². The van der Waals surface area contributed by atoms with Crippen LogP contribution in [0.5, 0.6) is 0 Å². The standard InChI is InChI=1S/C18H23N5O2/c1-4-22-12-15(10-19-22)11-21(8-9-25-3)18(24)16-13-23-14(2)6-5-7-17(23)20-16/h5-7,10,12-13H,4,8-9,11H2,1-3H3. The predicted octanol–water partition coefficient (Wildman–Crippen LogP) is 2.15. The molecule has 1 amide bonds. The number of imidazole rings is 1. The van der Waals surface area contributed by atoms with E-state index in [1.54, 1.807) is 24.4 Å². The fourth-order valence-corrected chi connectivity index (χ4v) is 2.75. The van der Waals surface area contributed by atoms with Crippen molar-refractivity contribution >= 4 is 11.6 Å². The van der Waals surface area contributed by atoms with Crippen LogP contribution >= 0.6 is 0 Å². The van der Waals surface area contributed by atoms with E-state index in [1.165, 1.54) is 0 Å². The van der Waals surface area contributed by atoms with Crippen LogP contribution in [0, 0.1) is 6.92 Å². The van der Waals surface area contributed by atoms with E-state index in [1.807, 2.05) is 47.3 Å². The molecule has 7 heteroatoms. The van der Waals surface area contributed by atoms with Crippen molar-refractivity contribution in [1.29, 1.82) is 0 Å². The molecule has 0 radical (unpaired) electrons. The molecule has 0 saturated carbocycles. The zero-order chi connectivity index (χ0) is 17.8. The minimum absolute atomic E-state index is 0.107. The van der Waals surface area contributed by atoms with Crippen molar-refractivity contribution in [2.24, 2.45) is 0 Å². The highest BCUT2D eigenvalue weighted by Crippen LogP contribution is 2.13. The van der Waals surface area contributed by atoms with Gasteiger partial charge in [-0.1, -0.05) is 6.07 Å². The average molecular weight is 341 g/mol. The molecule has 3 aromatic heterocycles. The second kappa shape index (κ2) is 7.48. The minimum Gasteiger partial charge on any atom is -0.383 e. The number of methoxy groups -OCH3 is 1. The second-order valence-corrected chi connectivity index (χ2v) is 5.95. The lowest BCUT2D eigenvalue weighted by Crippen LogP contribution is -2.33. The van der Waals surface area contributed by atoms with E-state index < -0.39 is 0 Å². The molecule has 7 nitrogen and oxygen atoms in total. The maximum absolute atomic E-state index is 13.0. The smallest absolute Gasteiger partial charge is 0.274 e. The largest absolute Gasteiger partial charge is 0.383 e. The summed E-state index contributed by atoms with van der Waals surface area (Å²) in [5.41, 5.74) is 3.24. The Kier molecular flexibility index (Phi) is 5.14. The Balaban J connectivity index is 1.85. The summed E-state index contributed by atoms with van der Waals surface area (Å²) in [6.07, 6.45) is 5.55. The molecule has 0 fully saturated rings. The molecule has 0 atom stereocenters. The van der Waals surface area contributed by atoms with Gasteiger partial charge in [-0.25, -0.2) is 4.98 Å². The molecule has 0 aliphatic rings. The fraction of sp³-hybridized carbons (Fsp3) is 0.389. The fourth-order valence-electron chi connectivity index (χ4n) is 2.75. The third kappa shape index (κ3) is 3.71. The van der Waals surface area contributed by atoms with Crippen molar-refractivity contribution < 1.29 is 9.53 Å². The number of rotatable bonds is 7. The molecular formula is C18H23N5O2. The maximum Gasteiger partial charge on any atom is 0.274 e. The van der Waals surface area contributed by atoms with E-state index in [9.17, 15) is 4.79 Å². The van der Waals surface area contributed by atoms with Gasteiger partial charge in [0.2, 0.25) is 0 Å². The SMILES string of the molecule is CCn1cc(CN(CCOC)C(=O)c2cn3c(C)cccc3n2)cn1. The Labute approximate surface area is 146 Å². The molecule has 0 aliphatic heterocycles. The van der Waals surface area contributed by atoms with E-state index >= 15 is 0 Å². The molecule has 0 N–H and O–H groups in total. The van der Waals surface area contributed by atoms with Crippen LogP contribution in [-0.4, -0.2) is 50.2 Å². The zero-order valence-electron chi connectivity index (χ0n) is 14.8. The molecule has 132 valence electrons. The summed E-state index contributed by atoms with van der Waals surface area (Å²) >= 11 is 0. The Morgan fingerprint density at radius 3 is 2.84 bits per heavy atom. The summed E-state index contributed by atoms with van der Waals surface area (Å²) < 4.78 is 8.94. The van der Waals surface area contributed by atoms with Crippen molar-refractivity contribution in [3.05, 3.63) is 53.7 Å². The zero-order valence-corrected chi connectivity index (χ0v) is 14.8. The Morgan fingerprint density at radius 2 is 2.16 bits per heavy atom. The van der Waals surface area contributed by atoms with Crippen LogP contribution in [0.15, 0.2) is 36.8 Å². The molecule has 3 rings (SSSR count). The van der Waals surface area contributed by atoms with Gasteiger partial charge < -0.3 is 14.0 Å². The van der Waals surface area contributed by atoms with Gasteiger partial charge in [-0.15, -0.1) is 0 Å². The normalized spacial score (nSPS) is 11.2. The highest BCUT2D eigenvalue weighted by molar-refractivity contribution is 5.93.